The first-order chi connectivity index (χ1) is 11.2. The van der Waals surface area contributed by atoms with Crippen molar-refractivity contribution in [3.63, 3.8) is 0 Å². The minimum absolute atomic E-state index is 0.0826. The molecule has 0 bridgehead atoms. The first-order valence-corrected chi connectivity index (χ1v) is 8.66. The van der Waals surface area contributed by atoms with E-state index in [1.165, 1.54) is 11.3 Å². The number of aryl methyl sites for hydroxylation is 1. The molecule has 2 aromatic heterocycles. The molecule has 1 amide bonds. The molecule has 0 aliphatic carbocycles. The fourth-order valence-corrected chi connectivity index (χ4v) is 4.08. The molecule has 23 heavy (non-hydrogen) atoms. The number of nitrogens with one attached hydrogen (secondary N) is 2. The number of hydrogen-bond donors (Lipinski definition) is 2. The number of benzene rings is 1. The van der Waals surface area contributed by atoms with E-state index in [1.54, 1.807) is 11.3 Å². The molecule has 2 N–H and O–H groups in total. The van der Waals surface area contributed by atoms with Crippen molar-refractivity contribution in [1.82, 2.24) is 5.32 Å². The second-order valence-electron chi connectivity index (χ2n) is 5.89. The number of furan rings is 1. The van der Waals surface area contributed by atoms with E-state index in [4.69, 9.17) is 4.42 Å². The normalized spacial score (nSPS) is 17.7. The summed E-state index contributed by atoms with van der Waals surface area (Å²) in [6.45, 7) is 2.97. The van der Waals surface area contributed by atoms with E-state index in [9.17, 15) is 4.79 Å². The molecule has 1 saturated heterocycles. The van der Waals surface area contributed by atoms with E-state index in [2.05, 4.69) is 16.7 Å². The summed E-state index contributed by atoms with van der Waals surface area (Å²) in [5.41, 5.74) is 1.45. The van der Waals surface area contributed by atoms with Crippen molar-refractivity contribution in [3.8, 4) is 0 Å². The van der Waals surface area contributed by atoms with Crippen LogP contribution in [0.25, 0.3) is 11.0 Å². The molecule has 1 aliphatic heterocycles. The van der Waals surface area contributed by atoms with E-state index in [-0.39, 0.29) is 5.91 Å². The first kappa shape index (κ1) is 14.5. The fraction of sp³-hybridized carbons (Fsp3) is 0.278. The predicted molar refractivity (Wildman–Crippen MR) is 93.2 cm³/mol. The Morgan fingerprint density at radius 1 is 1.35 bits per heavy atom. The zero-order valence-electron chi connectivity index (χ0n) is 12.9. The molecule has 0 saturated carbocycles. The summed E-state index contributed by atoms with van der Waals surface area (Å²) in [7, 11) is 0. The van der Waals surface area contributed by atoms with Gasteiger partial charge in [-0.25, -0.2) is 0 Å². The van der Waals surface area contributed by atoms with Gasteiger partial charge in [-0.2, -0.15) is 0 Å². The molecule has 3 heterocycles. The smallest absolute Gasteiger partial charge is 0.265 e. The number of para-hydroxylation sites is 1. The maximum atomic E-state index is 12.5. The average molecular weight is 326 g/mol. The molecule has 1 aliphatic rings. The number of fused-ring (bicyclic) bond motifs is 1. The van der Waals surface area contributed by atoms with Crippen LogP contribution in [0.15, 0.2) is 40.8 Å². The van der Waals surface area contributed by atoms with Gasteiger partial charge in [-0.05, 0) is 50.6 Å². The van der Waals surface area contributed by atoms with Crippen LogP contribution in [0.5, 0.6) is 0 Å². The van der Waals surface area contributed by atoms with Gasteiger partial charge in [0.25, 0.3) is 5.91 Å². The Morgan fingerprint density at radius 2 is 2.26 bits per heavy atom. The SMILES string of the molecule is Cc1cc2cccc(NC(=O)c3ccc([C@H]4CCCN4)s3)c2o1. The van der Waals surface area contributed by atoms with Gasteiger partial charge in [-0.1, -0.05) is 12.1 Å². The summed E-state index contributed by atoms with van der Waals surface area (Å²) in [5.74, 6) is 0.758. The molecule has 118 valence electrons. The van der Waals surface area contributed by atoms with Crippen molar-refractivity contribution in [2.45, 2.75) is 25.8 Å². The average Bonchev–Trinajstić information content (AvgIpc) is 3.26. The van der Waals surface area contributed by atoms with Crippen LogP contribution in [-0.4, -0.2) is 12.5 Å². The number of amides is 1. The third-order valence-electron chi connectivity index (χ3n) is 4.17. The lowest BCUT2D eigenvalue weighted by molar-refractivity contribution is 0.103. The van der Waals surface area contributed by atoms with E-state index in [1.807, 2.05) is 37.3 Å². The summed E-state index contributed by atoms with van der Waals surface area (Å²) in [4.78, 5) is 14.5. The minimum atomic E-state index is -0.0826. The molecular formula is C18H18N2O2S. The van der Waals surface area contributed by atoms with Crippen LogP contribution in [-0.2, 0) is 0 Å². The molecule has 0 spiro atoms. The highest BCUT2D eigenvalue weighted by atomic mass is 32.1. The lowest BCUT2D eigenvalue weighted by atomic mass is 10.2. The standard InChI is InChI=1S/C18H18N2O2S/c1-11-10-12-4-2-5-14(17(12)22-11)20-18(21)16-8-7-15(23-16)13-6-3-9-19-13/h2,4-5,7-8,10,13,19H,3,6,9H2,1H3,(H,20,21)/t13-/m1/s1. The number of anilines is 1. The topological polar surface area (TPSA) is 54.3 Å². The van der Waals surface area contributed by atoms with Gasteiger partial charge in [0, 0.05) is 16.3 Å². The van der Waals surface area contributed by atoms with Crippen LogP contribution in [0.1, 0.15) is 39.2 Å². The summed E-state index contributed by atoms with van der Waals surface area (Å²) in [6.07, 6.45) is 2.34. The van der Waals surface area contributed by atoms with E-state index < -0.39 is 0 Å². The van der Waals surface area contributed by atoms with Crippen molar-refractivity contribution in [1.29, 1.82) is 0 Å². The zero-order valence-corrected chi connectivity index (χ0v) is 13.7. The van der Waals surface area contributed by atoms with Crippen LogP contribution in [0.4, 0.5) is 5.69 Å². The van der Waals surface area contributed by atoms with Gasteiger partial charge in [0.15, 0.2) is 5.58 Å². The number of carbonyl (C=O) groups is 1. The molecule has 1 atom stereocenters. The monoisotopic (exact) mass is 326 g/mol. The molecule has 4 nitrogen and oxygen atoms in total. The Kier molecular flexibility index (Phi) is 3.67. The summed E-state index contributed by atoms with van der Waals surface area (Å²) in [5, 5.41) is 7.44. The Bertz CT molecular complexity index is 859. The maximum Gasteiger partial charge on any atom is 0.265 e. The molecule has 1 aromatic carbocycles. The summed E-state index contributed by atoms with van der Waals surface area (Å²) < 4.78 is 5.70. The van der Waals surface area contributed by atoms with Crippen LogP contribution in [0.2, 0.25) is 0 Å². The van der Waals surface area contributed by atoms with E-state index >= 15 is 0 Å². The summed E-state index contributed by atoms with van der Waals surface area (Å²) in [6, 6.07) is 12.1. The minimum Gasteiger partial charge on any atom is -0.459 e. The third-order valence-corrected chi connectivity index (χ3v) is 5.37. The zero-order chi connectivity index (χ0) is 15.8. The van der Waals surface area contributed by atoms with E-state index in [0.29, 0.717) is 6.04 Å². The predicted octanol–water partition coefficient (Wildman–Crippen LogP) is 4.48. The van der Waals surface area contributed by atoms with Crippen molar-refractivity contribution in [2.75, 3.05) is 11.9 Å². The highest BCUT2D eigenvalue weighted by molar-refractivity contribution is 7.14. The Morgan fingerprint density at radius 3 is 3.09 bits per heavy atom. The van der Waals surface area contributed by atoms with Gasteiger partial charge in [-0.3, -0.25) is 4.79 Å². The van der Waals surface area contributed by atoms with Crippen LogP contribution in [0.3, 0.4) is 0 Å². The molecule has 5 heteroatoms. The van der Waals surface area contributed by atoms with Gasteiger partial charge in [0.05, 0.1) is 10.6 Å². The van der Waals surface area contributed by atoms with Crippen LogP contribution >= 0.6 is 11.3 Å². The number of thiophene rings is 1. The second kappa shape index (κ2) is 5.83. The van der Waals surface area contributed by atoms with Gasteiger partial charge in [0.1, 0.15) is 5.76 Å². The maximum absolute atomic E-state index is 12.5. The van der Waals surface area contributed by atoms with Crippen LogP contribution in [0, 0.1) is 6.92 Å². The van der Waals surface area contributed by atoms with E-state index in [0.717, 1.165) is 40.3 Å². The fourth-order valence-electron chi connectivity index (χ4n) is 3.06. The van der Waals surface area contributed by atoms with Gasteiger partial charge in [0.2, 0.25) is 0 Å². The molecule has 3 aromatic rings. The van der Waals surface area contributed by atoms with Crippen molar-refractivity contribution in [2.24, 2.45) is 0 Å². The van der Waals surface area contributed by atoms with Crippen molar-refractivity contribution in [3.05, 3.63) is 51.9 Å². The Labute approximate surface area is 138 Å². The first-order valence-electron chi connectivity index (χ1n) is 7.84. The van der Waals surface area contributed by atoms with Crippen molar-refractivity contribution >= 4 is 33.9 Å². The molecule has 4 rings (SSSR count). The molecule has 0 radical (unpaired) electrons. The molecule has 0 unspecified atom stereocenters. The number of carbonyl (C=O) groups excluding carboxylic acids is 1. The Hall–Kier alpha value is -2.11. The van der Waals surface area contributed by atoms with Gasteiger partial charge >= 0.3 is 0 Å². The van der Waals surface area contributed by atoms with Crippen molar-refractivity contribution < 1.29 is 9.21 Å². The molecule has 1 fully saturated rings. The number of hydrogen-bond acceptors (Lipinski definition) is 4. The highest BCUT2D eigenvalue weighted by Gasteiger charge is 2.20. The quantitative estimate of drug-likeness (QED) is 0.746. The Balaban J connectivity index is 1.57. The second-order valence-corrected chi connectivity index (χ2v) is 7.00. The lowest BCUT2D eigenvalue weighted by Crippen LogP contribution is -2.11. The lowest BCUT2D eigenvalue weighted by Gasteiger charge is -2.06. The number of rotatable bonds is 3. The highest BCUT2D eigenvalue weighted by Crippen LogP contribution is 2.31. The third kappa shape index (κ3) is 2.78. The van der Waals surface area contributed by atoms with Gasteiger partial charge < -0.3 is 15.1 Å². The van der Waals surface area contributed by atoms with Gasteiger partial charge in [-0.15, -0.1) is 11.3 Å². The van der Waals surface area contributed by atoms with Crippen LogP contribution < -0.4 is 10.6 Å². The summed E-state index contributed by atoms with van der Waals surface area (Å²) >= 11 is 1.56. The largest absolute Gasteiger partial charge is 0.459 e. The molecular weight excluding hydrogens is 308 g/mol.